The molecule has 1 aromatic heterocycles. The van der Waals surface area contributed by atoms with E-state index in [1.54, 1.807) is 67.8 Å². The molecule has 1 aliphatic heterocycles. The molecule has 2 heterocycles. The van der Waals surface area contributed by atoms with Crippen molar-refractivity contribution >= 4 is 41.7 Å². The molecule has 2 amide bonds. The van der Waals surface area contributed by atoms with Crippen LogP contribution >= 0.6 is 11.6 Å². The summed E-state index contributed by atoms with van der Waals surface area (Å²) < 4.78 is 7.44. The largest absolute Gasteiger partial charge is 0.497 e. The number of hydrogen-bond acceptors (Lipinski definition) is 8. The minimum Gasteiger partial charge on any atom is -0.497 e. The lowest BCUT2D eigenvalue weighted by Crippen LogP contribution is -2.35. The molecule has 0 saturated heterocycles. The Balaban J connectivity index is 1.16. The Labute approximate surface area is 282 Å². The fourth-order valence-electron chi connectivity index (χ4n) is 5.72. The van der Waals surface area contributed by atoms with E-state index in [1.807, 2.05) is 41.8 Å². The van der Waals surface area contributed by atoms with E-state index in [-0.39, 0.29) is 31.3 Å². The smallest absolute Gasteiger partial charge is 0.489 e. The predicted molar refractivity (Wildman–Crippen MR) is 184 cm³/mol. The van der Waals surface area contributed by atoms with Gasteiger partial charge >= 0.3 is 7.12 Å². The van der Waals surface area contributed by atoms with Crippen molar-refractivity contribution in [1.82, 2.24) is 25.4 Å². The third-order valence-electron chi connectivity index (χ3n) is 8.04. The minimum absolute atomic E-state index is 0.00748. The van der Waals surface area contributed by atoms with Crippen molar-refractivity contribution in [3.63, 3.8) is 0 Å². The first-order valence-corrected chi connectivity index (χ1v) is 15.7. The average Bonchev–Trinajstić information content (AvgIpc) is 3.43. The molecule has 0 fully saturated rings. The summed E-state index contributed by atoms with van der Waals surface area (Å²) in [6.07, 6.45) is -0.00748. The lowest BCUT2D eigenvalue weighted by atomic mass is 9.75. The third kappa shape index (κ3) is 6.86. The summed E-state index contributed by atoms with van der Waals surface area (Å²) >= 11 is 6.19. The standard InChI is InChI=1S/C35H32BClN6O5/c1-21-41-42-34-30(40-33(22-10-12-25(37)13-11-22)28-19-26(48-2)14-15-31(28)43(21)34)20-32(44)38-16-17-39-35(45)24-7-5-6-23(18-24)27-8-3-4-9-29(27)36(46)47/h3-15,18-19,30,46-47H,16-17,20H2,1-2H3,(H,38,44)(H,39,45). The molecule has 0 spiro atoms. The second-order valence-corrected chi connectivity index (χ2v) is 11.6. The summed E-state index contributed by atoms with van der Waals surface area (Å²) in [5, 5.41) is 34.5. The van der Waals surface area contributed by atoms with Gasteiger partial charge in [0, 0.05) is 34.8 Å². The van der Waals surface area contributed by atoms with Gasteiger partial charge in [0.1, 0.15) is 17.6 Å². The molecule has 0 aliphatic carbocycles. The van der Waals surface area contributed by atoms with Gasteiger partial charge < -0.3 is 25.4 Å². The molecule has 1 unspecified atom stereocenters. The van der Waals surface area contributed by atoms with Crippen LogP contribution in [-0.4, -0.2) is 69.7 Å². The topological polar surface area (TPSA) is 151 Å². The second kappa shape index (κ2) is 14.2. The van der Waals surface area contributed by atoms with Gasteiger partial charge in [-0.2, -0.15) is 0 Å². The molecule has 0 bridgehead atoms. The van der Waals surface area contributed by atoms with Crippen LogP contribution in [0.3, 0.4) is 0 Å². The number of aromatic nitrogens is 3. The zero-order valence-electron chi connectivity index (χ0n) is 26.2. The van der Waals surface area contributed by atoms with E-state index in [0.717, 1.165) is 16.8 Å². The molecule has 48 heavy (non-hydrogen) atoms. The molecule has 5 aromatic rings. The summed E-state index contributed by atoms with van der Waals surface area (Å²) in [6.45, 7) is 2.22. The molecule has 0 radical (unpaired) electrons. The highest BCUT2D eigenvalue weighted by atomic mass is 35.5. The van der Waals surface area contributed by atoms with Gasteiger partial charge in [-0.15, -0.1) is 10.2 Å². The highest BCUT2D eigenvalue weighted by molar-refractivity contribution is 6.60. The zero-order chi connectivity index (χ0) is 33.8. The van der Waals surface area contributed by atoms with Gasteiger partial charge in [-0.05, 0) is 66.0 Å². The van der Waals surface area contributed by atoms with Gasteiger partial charge in [0.2, 0.25) is 5.91 Å². The van der Waals surface area contributed by atoms with E-state index in [0.29, 0.717) is 50.3 Å². The number of carbonyl (C=O) groups is 2. The molecule has 1 atom stereocenters. The molecule has 4 aromatic carbocycles. The number of hydrogen-bond donors (Lipinski definition) is 4. The molecule has 4 N–H and O–H groups in total. The van der Waals surface area contributed by atoms with Gasteiger partial charge in [0.25, 0.3) is 5.91 Å². The maximum atomic E-state index is 13.3. The second-order valence-electron chi connectivity index (χ2n) is 11.2. The number of ether oxygens (including phenoxy) is 1. The van der Waals surface area contributed by atoms with Gasteiger partial charge in [-0.1, -0.05) is 60.1 Å². The maximum absolute atomic E-state index is 13.3. The van der Waals surface area contributed by atoms with Crippen LogP contribution in [0.1, 0.15) is 45.6 Å². The Bertz CT molecular complexity index is 2010. The van der Waals surface area contributed by atoms with Gasteiger partial charge in [-0.3, -0.25) is 19.1 Å². The third-order valence-corrected chi connectivity index (χ3v) is 8.29. The van der Waals surface area contributed by atoms with Crippen molar-refractivity contribution in [3.05, 3.63) is 124 Å². The molecule has 11 nitrogen and oxygen atoms in total. The van der Waals surface area contributed by atoms with E-state index in [4.69, 9.17) is 21.3 Å². The van der Waals surface area contributed by atoms with Crippen LogP contribution in [0.2, 0.25) is 5.02 Å². The first kappa shape index (κ1) is 32.6. The minimum atomic E-state index is -1.64. The maximum Gasteiger partial charge on any atom is 0.489 e. The Morgan fingerprint density at radius 1 is 0.896 bits per heavy atom. The number of benzene rings is 4. The van der Waals surface area contributed by atoms with E-state index in [1.165, 1.54) is 0 Å². The van der Waals surface area contributed by atoms with Crippen molar-refractivity contribution in [1.29, 1.82) is 0 Å². The predicted octanol–water partition coefficient (Wildman–Crippen LogP) is 3.41. The van der Waals surface area contributed by atoms with Crippen molar-refractivity contribution < 1.29 is 24.4 Å². The van der Waals surface area contributed by atoms with Crippen LogP contribution in [0, 0.1) is 6.92 Å². The number of aryl methyl sites for hydroxylation is 1. The number of nitrogens with zero attached hydrogens (tertiary/aromatic N) is 4. The number of halogens is 1. The van der Waals surface area contributed by atoms with Gasteiger partial charge in [0.05, 0.1) is 24.9 Å². The van der Waals surface area contributed by atoms with Crippen molar-refractivity contribution in [2.24, 2.45) is 4.99 Å². The average molecular weight is 663 g/mol. The Kier molecular flexibility index (Phi) is 9.67. The summed E-state index contributed by atoms with van der Waals surface area (Å²) in [5.41, 5.74) is 5.11. The molecule has 13 heteroatoms. The fourth-order valence-corrected chi connectivity index (χ4v) is 5.84. The SMILES string of the molecule is COc1ccc2c(c1)C(c1ccc(Cl)cc1)=NC(CC(=O)NCCNC(=O)c1cccc(-c3ccccc3B(O)O)c1)c1nnc(C)n1-2. The summed E-state index contributed by atoms with van der Waals surface area (Å²) in [6, 6.07) is 26.1. The molecule has 6 rings (SSSR count). The fraction of sp³-hybridized carbons (Fsp3) is 0.171. The van der Waals surface area contributed by atoms with Gasteiger partial charge in [0.15, 0.2) is 5.82 Å². The first-order valence-electron chi connectivity index (χ1n) is 15.3. The Hall–Kier alpha value is -5.30. The number of rotatable bonds is 10. The number of methoxy groups -OCH3 is 1. The summed E-state index contributed by atoms with van der Waals surface area (Å²) in [4.78, 5) is 31.3. The molecular weight excluding hydrogens is 631 g/mol. The highest BCUT2D eigenvalue weighted by Crippen LogP contribution is 2.34. The number of fused-ring (bicyclic) bond motifs is 3. The van der Waals surface area contributed by atoms with E-state index < -0.39 is 13.2 Å². The molecule has 1 aliphatic rings. The van der Waals surface area contributed by atoms with Crippen LogP contribution in [0.4, 0.5) is 0 Å². The van der Waals surface area contributed by atoms with E-state index in [9.17, 15) is 19.6 Å². The van der Waals surface area contributed by atoms with Crippen molar-refractivity contribution in [2.45, 2.75) is 19.4 Å². The van der Waals surface area contributed by atoms with Crippen LogP contribution in [0.5, 0.6) is 5.75 Å². The number of amides is 2. The highest BCUT2D eigenvalue weighted by Gasteiger charge is 2.30. The van der Waals surface area contributed by atoms with Crippen LogP contribution in [0.15, 0.2) is 96.0 Å². The van der Waals surface area contributed by atoms with E-state index >= 15 is 0 Å². The summed E-state index contributed by atoms with van der Waals surface area (Å²) in [7, 11) is -0.0430. The van der Waals surface area contributed by atoms with Crippen LogP contribution in [-0.2, 0) is 4.79 Å². The Morgan fingerprint density at radius 3 is 2.44 bits per heavy atom. The van der Waals surface area contributed by atoms with Crippen LogP contribution in [0.25, 0.3) is 16.8 Å². The van der Waals surface area contributed by atoms with E-state index in [2.05, 4.69) is 20.8 Å². The monoisotopic (exact) mass is 662 g/mol. The van der Waals surface area contributed by atoms with Crippen molar-refractivity contribution in [2.75, 3.05) is 20.2 Å². The first-order chi connectivity index (χ1) is 23.2. The normalized spacial score (nSPS) is 13.4. The molecule has 0 saturated carbocycles. The van der Waals surface area contributed by atoms with Crippen molar-refractivity contribution in [3.8, 4) is 22.6 Å². The lowest BCUT2D eigenvalue weighted by Gasteiger charge is -2.14. The van der Waals surface area contributed by atoms with Crippen LogP contribution < -0.4 is 20.8 Å². The zero-order valence-corrected chi connectivity index (χ0v) is 27.0. The number of nitrogens with one attached hydrogen (secondary N) is 2. The summed E-state index contributed by atoms with van der Waals surface area (Å²) in [5.74, 6) is 1.23. The lowest BCUT2D eigenvalue weighted by molar-refractivity contribution is -0.121. The Morgan fingerprint density at radius 2 is 1.67 bits per heavy atom. The quantitative estimate of drug-likeness (QED) is 0.132. The molecular formula is C35H32BClN6O5. The number of aliphatic imine (C=N–C) groups is 1. The number of carbonyl (C=O) groups excluding carboxylic acids is 2. The van der Waals surface area contributed by atoms with Gasteiger partial charge in [-0.25, -0.2) is 0 Å². The molecule has 242 valence electrons.